The summed E-state index contributed by atoms with van der Waals surface area (Å²) in [5.74, 6) is -0.599. The van der Waals surface area contributed by atoms with E-state index in [9.17, 15) is 19.5 Å². The van der Waals surface area contributed by atoms with Crippen LogP contribution in [-0.2, 0) is 9.47 Å². The van der Waals surface area contributed by atoms with Crippen LogP contribution in [0.15, 0.2) is 44.4 Å². The first-order valence-electron chi connectivity index (χ1n) is 8.03. The molecule has 10 heteroatoms. The Morgan fingerprint density at radius 3 is 3.00 bits per heavy atom. The molecule has 3 rings (SSSR count). The molecular formula is C17H16IN3O6. The number of ether oxygens (including phenoxy) is 2. The third-order valence-corrected chi connectivity index (χ3v) is 4.42. The van der Waals surface area contributed by atoms with Gasteiger partial charge in [0.1, 0.15) is 18.4 Å². The predicted octanol–water partition coefficient (Wildman–Crippen LogP) is 0.843. The number of carbonyl (C=O) groups excluding carboxylic acids is 1. The second-order valence-corrected chi connectivity index (χ2v) is 6.50. The number of nitrogens with zero attached hydrogens (tertiary/aromatic N) is 2. The van der Waals surface area contributed by atoms with E-state index in [1.807, 2.05) is 22.6 Å². The molecule has 1 fully saturated rings. The van der Waals surface area contributed by atoms with Crippen LogP contribution in [0.4, 0.5) is 0 Å². The molecule has 0 saturated carbocycles. The third kappa shape index (κ3) is 4.34. The van der Waals surface area contributed by atoms with Gasteiger partial charge in [-0.25, -0.2) is 9.59 Å². The van der Waals surface area contributed by atoms with Crippen LogP contribution >= 0.6 is 22.6 Å². The highest BCUT2D eigenvalue weighted by Crippen LogP contribution is 2.30. The SMILES string of the molecule is O=C(O[C@H]1C[C@H](n2cc(/C=C/I)c(=O)[nH]c2=O)O[C@@H]1CO)c1cccnc1. The maximum absolute atomic E-state index is 12.2. The predicted molar refractivity (Wildman–Crippen MR) is 103 cm³/mol. The van der Waals surface area contributed by atoms with Gasteiger partial charge in [-0.05, 0) is 22.3 Å². The molecule has 3 atom stereocenters. The number of nitrogens with one attached hydrogen (secondary N) is 1. The minimum atomic E-state index is -0.794. The molecular weight excluding hydrogens is 469 g/mol. The summed E-state index contributed by atoms with van der Waals surface area (Å²) in [5, 5.41) is 9.55. The number of rotatable bonds is 5. The minimum absolute atomic E-state index is 0.149. The lowest BCUT2D eigenvalue weighted by atomic mass is 10.2. The monoisotopic (exact) mass is 485 g/mol. The fourth-order valence-corrected chi connectivity index (χ4v) is 3.14. The maximum Gasteiger partial charge on any atom is 0.340 e. The van der Waals surface area contributed by atoms with E-state index in [1.165, 1.54) is 23.2 Å². The molecule has 2 aromatic heterocycles. The molecule has 0 unspecified atom stereocenters. The quantitative estimate of drug-likeness (QED) is 0.476. The molecule has 0 aliphatic carbocycles. The van der Waals surface area contributed by atoms with Crippen LogP contribution in [-0.4, -0.2) is 44.4 Å². The summed E-state index contributed by atoms with van der Waals surface area (Å²) < 4.78 is 14.0. The summed E-state index contributed by atoms with van der Waals surface area (Å²) in [7, 11) is 0. The van der Waals surface area contributed by atoms with E-state index in [-0.39, 0.29) is 24.2 Å². The van der Waals surface area contributed by atoms with E-state index in [0.29, 0.717) is 0 Å². The minimum Gasteiger partial charge on any atom is -0.456 e. The standard InChI is InChI=1S/C17H16IN3O6/c18-4-3-11-8-21(17(25)20-15(11)23)14-6-12(13(9-22)26-14)27-16(24)10-2-1-5-19-7-10/h1-5,7-8,12-14,22H,6,9H2,(H,20,23,25)/b4-3+/t12-,13+,14+/m0/s1. The van der Waals surface area contributed by atoms with Gasteiger partial charge in [-0.1, -0.05) is 22.6 Å². The Morgan fingerprint density at radius 2 is 2.33 bits per heavy atom. The highest BCUT2D eigenvalue weighted by molar-refractivity contribution is 14.1. The largest absolute Gasteiger partial charge is 0.456 e. The first-order valence-corrected chi connectivity index (χ1v) is 9.27. The Bertz CT molecular complexity index is 955. The first-order chi connectivity index (χ1) is 13.0. The molecule has 1 saturated heterocycles. The van der Waals surface area contributed by atoms with Crippen molar-refractivity contribution in [3.8, 4) is 0 Å². The second kappa shape index (κ2) is 8.59. The Labute approximate surface area is 166 Å². The second-order valence-electron chi connectivity index (χ2n) is 5.78. The van der Waals surface area contributed by atoms with Crippen molar-refractivity contribution in [2.24, 2.45) is 0 Å². The zero-order valence-corrected chi connectivity index (χ0v) is 16.1. The van der Waals surface area contributed by atoms with Crippen molar-refractivity contribution < 1.29 is 19.4 Å². The number of aromatic amines is 1. The number of aliphatic hydroxyl groups is 1. The van der Waals surface area contributed by atoms with Crippen molar-refractivity contribution in [2.45, 2.75) is 24.9 Å². The van der Waals surface area contributed by atoms with Crippen LogP contribution < -0.4 is 11.2 Å². The Hall–Kier alpha value is -2.31. The average molecular weight is 485 g/mol. The molecule has 0 bridgehead atoms. The van der Waals surface area contributed by atoms with Gasteiger partial charge in [0.25, 0.3) is 5.56 Å². The molecule has 9 nitrogen and oxygen atoms in total. The fraction of sp³-hybridized carbons (Fsp3) is 0.294. The third-order valence-electron chi connectivity index (χ3n) is 4.06. The van der Waals surface area contributed by atoms with E-state index in [2.05, 4.69) is 9.97 Å². The molecule has 0 radical (unpaired) electrons. The molecule has 1 aliphatic heterocycles. The highest BCUT2D eigenvalue weighted by atomic mass is 127. The number of H-pyrrole nitrogens is 1. The van der Waals surface area contributed by atoms with Crippen molar-refractivity contribution in [1.82, 2.24) is 14.5 Å². The van der Waals surface area contributed by atoms with Crippen LogP contribution in [0.2, 0.25) is 0 Å². The summed E-state index contributed by atoms with van der Waals surface area (Å²) in [6.45, 7) is -0.389. The lowest BCUT2D eigenvalue weighted by Crippen LogP contribution is -2.33. The smallest absolute Gasteiger partial charge is 0.340 e. The lowest BCUT2D eigenvalue weighted by molar-refractivity contribution is -0.0522. The van der Waals surface area contributed by atoms with Gasteiger partial charge in [0.2, 0.25) is 0 Å². The van der Waals surface area contributed by atoms with Crippen LogP contribution in [0, 0.1) is 0 Å². The van der Waals surface area contributed by atoms with E-state index in [1.54, 1.807) is 22.3 Å². The van der Waals surface area contributed by atoms with Gasteiger partial charge in [0, 0.05) is 25.0 Å². The van der Waals surface area contributed by atoms with Crippen molar-refractivity contribution in [1.29, 1.82) is 0 Å². The van der Waals surface area contributed by atoms with Gasteiger partial charge in [0.15, 0.2) is 0 Å². The topological polar surface area (TPSA) is 124 Å². The number of aliphatic hydroxyl groups excluding tert-OH is 1. The van der Waals surface area contributed by atoms with Gasteiger partial charge in [-0.3, -0.25) is 19.3 Å². The van der Waals surface area contributed by atoms with Crippen molar-refractivity contribution in [3.05, 3.63) is 66.8 Å². The van der Waals surface area contributed by atoms with Gasteiger partial charge < -0.3 is 14.6 Å². The summed E-state index contributed by atoms with van der Waals surface area (Å²) in [6, 6.07) is 3.17. The number of halogens is 1. The molecule has 2 aromatic rings. The number of esters is 1. The van der Waals surface area contributed by atoms with Gasteiger partial charge in [-0.2, -0.15) is 0 Å². The fourth-order valence-electron chi connectivity index (χ4n) is 2.75. The zero-order valence-electron chi connectivity index (χ0n) is 13.9. The molecule has 0 aromatic carbocycles. The van der Waals surface area contributed by atoms with Crippen LogP contribution in [0.25, 0.3) is 6.08 Å². The normalized spacial score (nSPS) is 22.2. The Balaban J connectivity index is 1.82. The Morgan fingerprint density at radius 1 is 1.52 bits per heavy atom. The van der Waals surface area contributed by atoms with Crippen molar-refractivity contribution >= 4 is 34.6 Å². The number of carbonyl (C=O) groups is 1. The number of hydrogen-bond acceptors (Lipinski definition) is 7. The molecule has 1 aliphatic rings. The number of pyridine rings is 1. The molecule has 27 heavy (non-hydrogen) atoms. The first kappa shape index (κ1) is 19.5. The Kier molecular flexibility index (Phi) is 6.19. The number of hydrogen-bond donors (Lipinski definition) is 2. The summed E-state index contributed by atoms with van der Waals surface area (Å²) in [6.07, 6.45) is 3.64. The van der Waals surface area contributed by atoms with E-state index in [0.717, 1.165) is 0 Å². The lowest BCUT2D eigenvalue weighted by Gasteiger charge is -2.16. The summed E-state index contributed by atoms with van der Waals surface area (Å²) >= 11 is 1.96. The molecule has 0 spiro atoms. The van der Waals surface area contributed by atoms with Crippen LogP contribution in [0.5, 0.6) is 0 Å². The summed E-state index contributed by atoms with van der Waals surface area (Å²) in [5.41, 5.74) is -0.607. The number of aromatic nitrogens is 3. The van der Waals surface area contributed by atoms with E-state index < -0.39 is 35.7 Å². The highest BCUT2D eigenvalue weighted by Gasteiger charge is 2.39. The molecule has 3 heterocycles. The van der Waals surface area contributed by atoms with Gasteiger partial charge >= 0.3 is 11.7 Å². The average Bonchev–Trinajstić information content (AvgIpc) is 3.07. The van der Waals surface area contributed by atoms with Crippen LogP contribution in [0.3, 0.4) is 0 Å². The maximum atomic E-state index is 12.2. The van der Waals surface area contributed by atoms with Gasteiger partial charge in [-0.15, -0.1) is 0 Å². The molecule has 2 N–H and O–H groups in total. The van der Waals surface area contributed by atoms with E-state index >= 15 is 0 Å². The summed E-state index contributed by atoms with van der Waals surface area (Å²) in [4.78, 5) is 42.3. The van der Waals surface area contributed by atoms with Crippen molar-refractivity contribution in [2.75, 3.05) is 6.61 Å². The van der Waals surface area contributed by atoms with Gasteiger partial charge in [0.05, 0.1) is 17.7 Å². The van der Waals surface area contributed by atoms with E-state index in [4.69, 9.17) is 9.47 Å². The molecule has 142 valence electrons. The van der Waals surface area contributed by atoms with Crippen molar-refractivity contribution in [3.63, 3.8) is 0 Å². The zero-order chi connectivity index (χ0) is 19.4. The van der Waals surface area contributed by atoms with Crippen LogP contribution in [0.1, 0.15) is 28.6 Å². The molecule has 0 amide bonds.